The second-order valence-electron chi connectivity index (χ2n) is 4.08. The zero-order valence-electron chi connectivity index (χ0n) is 10.4. The van der Waals surface area contributed by atoms with E-state index in [1.54, 1.807) is 0 Å². The largest absolute Gasteiger partial charge is 0.464 e. The van der Waals surface area contributed by atoms with Crippen LogP contribution in [0.4, 0.5) is 0 Å². The number of carbonyl (C=O) groups is 1. The molecular weight excluding hydrogens is 192 g/mol. The smallest absolute Gasteiger partial charge is 0.335 e. The van der Waals surface area contributed by atoms with Gasteiger partial charge in [-0.3, -0.25) is 0 Å². The Morgan fingerprint density at radius 1 is 1.20 bits per heavy atom. The van der Waals surface area contributed by atoms with Gasteiger partial charge in [0.15, 0.2) is 6.10 Å². The Kier molecular flexibility index (Phi) is 8.38. The summed E-state index contributed by atoms with van der Waals surface area (Å²) in [4.78, 5) is 11.5. The fourth-order valence-corrected chi connectivity index (χ4v) is 1.21. The van der Waals surface area contributed by atoms with Gasteiger partial charge < -0.3 is 9.47 Å². The van der Waals surface area contributed by atoms with Crippen LogP contribution >= 0.6 is 0 Å². The van der Waals surface area contributed by atoms with Crippen LogP contribution in [0.15, 0.2) is 0 Å². The molecule has 0 amide bonds. The lowest BCUT2D eigenvalue weighted by Crippen LogP contribution is -2.27. The molecule has 3 heteroatoms. The molecule has 0 N–H and O–H groups in total. The first-order chi connectivity index (χ1) is 7.11. The molecule has 3 nitrogen and oxygen atoms in total. The Bertz CT molecular complexity index is 166. The van der Waals surface area contributed by atoms with Gasteiger partial charge in [0.2, 0.25) is 0 Å². The van der Waals surface area contributed by atoms with E-state index in [9.17, 15) is 4.79 Å². The van der Waals surface area contributed by atoms with Crippen molar-refractivity contribution in [2.24, 2.45) is 5.92 Å². The summed E-state index contributed by atoms with van der Waals surface area (Å²) in [7, 11) is 0. The fourth-order valence-electron chi connectivity index (χ4n) is 1.21. The van der Waals surface area contributed by atoms with Crippen molar-refractivity contribution in [3.8, 4) is 0 Å². The number of ether oxygens (including phenoxy) is 2. The second-order valence-corrected chi connectivity index (χ2v) is 4.08. The highest BCUT2D eigenvalue weighted by molar-refractivity contribution is 5.74. The van der Waals surface area contributed by atoms with Crippen molar-refractivity contribution < 1.29 is 14.3 Å². The third-order valence-corrected chi connectivity index (χ3v) is 2.11. The van der Waals surface area contributed by atoms with E-state index >= 15 is 0 Å². The number of rotatable bonds is 8. The molecule has 0 aliphatic rings. The molecule has 0 aromatic heterocycles. The summed E-state index contributed by atoms with van der Waals surface area (Å²) in [6.45, 7) is 9.20. The van der Waals surface area contributed by atoms with E-state index in [4.69, 9.17) is 9.47 Å². The average molecular weight is 216 g/mol. The molecule has 0 fully saturated rings. The van der Waals surface area contributed by atoms with Crippen LogP contribution in [0.2, 0.25) is 0 Å². The van der Waals surface area contributed by atoms with Gasteiger partial charge in [0.25, 0.3) is 0 Å². The average Bonchev–Trinajstić information content (AvgIpc) is 2.16. The van der Waals surface area contributed by atoms with Crippen molar-refractivity contribution in [3.63, 3.8) is 0 Å². The lowest BCUT2D eigenvalue weighted by molar-refractivity contribution is -0.157. The molecule has 0 radical (unpaired) electrons. The fraction of sp³-hybridized carbons (Fsp3) is 0.917. The number of hydrogen-bond acceptors (Lipinski definition) is 3. The van der Waals surface area contributed by atoms with Crippen molar-refractivity contribution in [1.29, 1.82) is 0 Å². The third-order valence-electron chi connectivity index (χ3n) is 2.11. The predicted octanol–water partition coefficient (Wildman–Crippen LogP) is 2.78. The Labute approximate surface area is 93.1 Å². The Morgan fingerprint density at radius 3 is 2.33 bits per heavy atom. The van der Waals surface area contributed by atoms with Crippen LogP contribution in [0.25, 0.3) is 0 Å². The standard InChI is InChI=1S/C12H24O3/c1-5-7-11(12(13)14-6-2)15-9-8-10(3)4/h10-11H,5-9H2,1-4H3. The number of hydrogen-bond donors (Lipinski definition) is 0. The number of esters is 1. The predicted molar refractivity (Wildman–Crippen MR) is 60.7 cm³/mol. The van der Waals surface area contributed by atoms with Crippen molar-refractivity contribution in [1.82, 2.24) is 0 Å². The topological polar surface area (TPSA) is 35.5 Å². The van der Waals surface area contributed by atoms with E-state index in [2.05, 4.69) is 13.8 Å². The van der Waals surface area contributed by atoms with Gasteiger partial charge in [-0.2, -0.15) is 0 Å². The summed E-state index contributed by atoms with van der Waals surface area (Å²) in [5.41, 5.74) is 0. The van der Waals surface area contributed by atoms with Crippen LogP contribution in [0.5, 0.6) is 0 Å². The molecule has 15 heavy (non-hydrogen) atoms. The molecule has 0 aromatic carbocycles. The lowest BCUT2D eigenvalue weighted by Gasteiger charge is -2.16. The van der Waals surface area contributed by atoms with Crippen molar-refractivity contribution in [2.75, 3.05) is 13.2 Å². The monoisotopic (exact) mass is 216 g/mol. The summed E-state index contributed by atoms with van der Waals surface area (Å²) >= 11 is 0. The molecule has 0 aliphatic carbocycles. The molecule has 0 rings (SSSR count). The molecule has 0 saturated carbocycles. The molecule has 1 unspecified atom stereocenters. The molecule has 1 atom stereocenters. The molecule has 0 aromatic rings. The maximum Gasteiger partial charge on any atom is 0.335 e. The maximum absolute atomic E-state index is 11.5. The highest BCUT2D eigenvalue weighted by Gasteiger charge is 2.19. The minimum atomic E-state index is -0.367. The van der Waals surface area contributed by atoms with E-state index < -0.39 is 0 Å². The first-order valence-corrected chi connectivity index (χ1v) is 5.90. The summed E-state index contributed by atoms with van der Waals surface area (Å²) < 4.78 is 10.5. The van der Waals surface area contributed by atoms with E-state index in [1.165, 1.54) is 0 Å². The zero-order valence-corrected chi connectivity index (χ0v) is 10.4. The Balaban J connectivity index is 3.87. The van der Waals surface area contributed by atoms with Crippen LogP contribution in [0.3, 0.4) is 0 Å². The van der Waals surface area contributed by atoms with Crippen molar-refractivity contribution >= 4 is 5.97 Å². The molecule has 0 aliphatic heterocycles. The van der Waals surface area contributed by atoms with Gasteiger partial charge in [-0.25, -0.2) is 4.79 Å². The van der Waals surface area contributed by atoms with Crippen LogP contribution < -0.4 is 0 Å². The molecule has 0 heterocycles. The summed E-state index contributed by atoms with van der Waals surface area (Å²) in [6.07, 6.45) is 2.30. The van der Waals surface area contributed by atoms with Gasteiger partial charge in [-0.05, 0) is 25.7 Å². The van der Waals surface area contributed by atoms with Gasteiger partial charge >= 0.3 is 5.97 Å². The van der Waals surface area contributed by atoms with E-state index in [-0.39, 0.29) is 12.1 Å². The molecule has 0 saturated heterocycles. The van der Waals surface area contributed by atoms with E-state index in [1.807, 2.05) is 13.8 Å². The zero-order chi connectivity index (χ0) is 11.7. The molecule has 0 bridgehead atoms. The van der Waals surface area contributed by atoms with E-state index in [0.717, 1.165) is 19.3 Å². The van der Waals surface area contributed by atoms with Gasteiger partial charge in [0.05, 0.1) is 6.61 Å². The lowest BCUT2D eigenvalue weighted by atomic mass is 10.1. The normalized spacial score (nSPS) is 12.9. The van der Waals surface area contributed by atoms with Crippen molar-refractivity contribution in [3.05, 3.63) is 0 Å². The van der Waals surface area contributed by atoms with Crippen LogP contribution in [0, 0.1) is 5.92 Å². The highest BCUT2D eigenvalue weighted by Crippen LogP contribution is 2.07. The van der Waals surface area contributed by atoms with Crippen LogP contribution in [-0.4, -0.2) is 25.3 Å². The number of carbonyl (C=O) groups excluding carboxylic acids is 1. The van der Waals surface area contributed by atoms with Gasteiger partial charge in [-0.1, -0.05) is 27.2 Å². The quantitative estimate of drug-likeness (QED) is 0.585. The first kappa shape index (κ1) is 14.4. The van der Waals surface area contributed by atoms with Crippen LogP contribution in [0.1, 0.15) is 47.0 Å². The van der Waals surface area contributed by atoms with Gasteiger partial charge in [0.1, 0.15) is 0 Å². The molecule has 0 spiro atoms. The summed E-state index contributed by atoms with van der Waals surface area (Å²) in [5.74, 6) is 0.387. The van der Waals surface area contributed by atoms with Crippen LogP contribution in [-0.2, 0) is 14.3 Å². The van der Waals surface area contributed by atoms with Gasteiger partial charge in [0, 0.05) is 6.61 Å². The molecule has 90 valence electrons. The first-order valence-electron chi connectivity index (χ1n) is 5.90. The Morgan fingerprint density at radius 2 is 1.87 bits per heavy atom. The minimum absolute atomic E-state index is 0.219. The second kappa shape index (κ2) is 8.72. The molecular formula is C12H24O3. The highest BCUT2D eigenvalue weighted by atomic mass is 16.6. The summed E-state index contributed by atoms with van der Waals surface area (Å²) in [5, 5.41) is 0. The SMILES string of the molecule is CCCC(OCCC(C)C)C(=O)OCC. The summed E-state index contributed by atoms with van der Waals surface area (Å²) in [6, 6.07) is 0. The van der Waals surface area contributed by atoms with E-state index in [0.29, 0.717) is 19.1 Å². The van der Waals surface area contributed by atoms with Crippen molar-refractivity contribution in [2.45, 2.75) is 53.1 Å². The Hall–Kier alpha value is -0.570. The minimum Gasteiger partial charge on any atom is -0.464 e. The maximum atomic E-state index is 11.5. The third kappa shape index (κ3) is 7.37. The van der Waals surface area contributed by atoms with Gasteiger partial charge in [-0.15, -0.1) is 0 Å².